The second-order valence-corrected chi connectivity index (χ2v) is 6.59. The number of hydrogen-bond donors (Lipinski definition) is 1. The molecule has 0 aromatic carbocycles. The highest BCUT2D eigenvalue weighted by atomic mass is 15.2. The second-order valence-electron chi connectivity index (χ2n) is 6.59. The largest absolute Gasteiger partial charge is 0.329 e. The molecule has 1 fully saturated rings. The summed E-state index contributed by atoms with van der Waals surface area (Å²) in [6, 6.07) is 0. The van der Waals surface area contributed by atoms with Gasteiger partial charge in [-0.25, -0.2) is 0 Å². The van der Waals surface area contributed by atoms with Gasteiger partial charge in [0.05, 0.1) is 0 Å². The van der Waals surface area contributed by atoms with Gasteiger partial charge >= 0.3 is 0 Å². The van der Waals surface area contributed by atoms with Gasteiger partial charge in [-0.1, -0.05) is 40.5 Å². The fourth-order valence-corrected chi connectivity index (χ4v) is 3.66. The van der Waals surface area contributed by atoms with Crippen molar-refractivity contribution in [3.05, 3.63) is 0 Å². The summed E-state index contributed by atoms with van der Waals surface area (Å²) in [5, 5.41) is 0. The SMILES string of the molecule is CCCC1CCC(CN)(N(CC)CC(C)C)CC1. The van der Waals surface area contributed by atoms with Gasteiger partial charge in [-0.3, -0.25) is 4.90 Å². The Balaban J connectivity index is 2.63. The fourth-order valence-electron chi connectivity index (χ4n) is 3.66. The Morgan fingerprint density at radius 2 is 1.83 bits per heavy atom. The lowest BCUT2D eigenvalue weighted by Crippen LogP contribution is -2.56. The van der Waals surface area contributed by atoms with Crippen LogP contribution >= 0.6 is 0 Å². The quantitative estimate of drug-likeness (QED) is 0.751. The standard InChI is InChI=1S/C16H34N2/c1-5-7-15-8-10-16(13-17,11-9-15)18(6-2)12-14(3)4/h14-15H,5-13,17H2,1-4H3. The molecule has 0 radical (unpaired) electrons. The summed E-state index contributed by atoms with van der Waals surface area (Å²) in [7, 11) is 0. The number of hydrogen-bond acceptors (Lipinski definition) is 2. The monoisotopic (exact) mass is 254 g/mol. The Kier molecular flexibility index (Phi) is 6.65. The summed E-state index contributed by atoms with van der Waals surface area (Å²) in [5.41, 5.74) is 6.48. The highest BCUT2D eigenvalue weighted by molar-refractivity contribution is 4.95. The number of likely N-dealkylation sites (N-methyl/N-ethyl adjacent to an activating group) is 1. The molecule has 0 atom stereocenters. The maximum atomic E-state index is 6.17. The Hall–Kier alpha value is -0.0800. The molecule has 0 amide bonds. The van der Waals surface area contributed by atoms with Crippen LogP contribution in [0.5, 0.6) is 0 Å². The van der Waals surface area contributed by atoms with Crippen molar-refractivity contribution in [3.8, 4) is 0 Å². The normalized spacial score (nSPS) is 29.2. The van der Waals surface area contributed by atoms with Crippen LogP contribution in [0.15, 0.2) is 0 Å². The van der Waals surface area contributed by atoms with Crippen LogP contribution in [0.1, 0.15) is 66.2 Å². The minimum atomic E-state index is 0.309. The van der Waals surface area contributed by atoms with E-state index < -0.39 is 0 Å². The van der Waals surface area contributed by atoms with Gasteiger partial charge < -0.3 is 5.73 Å². The molecule has 0 bridgehead atoms. The summed E-state index contributed by atoms with van der Waals surface area (Å²) < 4.78 is 0. The van der Waals surface area contributed by atoms with Crippen molar-refractivity contribution in [2.45, 2.75) is 71.8 Å². The van der Waals surface area contributed by atoms with Gasteiger partial charge in [0.15, 0.2) is 0 Å². The summed E-state index contributed by atoms with van der Waals surface area (Å²) in [6.45, 7) is 12.4. The summed E-state index contributed by atoms with van der Waals surface area (Å²) >= 11 is 0. The Morgan fingerprint density at radius 3 is 2.22 bits per heavy atom. The van der Waals surface area contributed by atoms with Crippen LogP contribution in [0, 0.1) is 11.8 Å². The summed E-state index contributed by atoms with van der Waals surface area (Å²) in [5.74, 6) is 1.70. The average molecular weight is 254 g/mol. The smallest absolute Gasteiger partial charge is 0.0331 e. The molecular formula is C16H34N2. The number of rotatable bonds is 7. The highest BCUT2D eigenvalue weighted by Crippen LogP contribution is 2.38. The molecule has 0 aromatic rings. The first kappa shape index (κ1) is 16.0. The van der Waals surface area contributed by atoms with Crippen molar-refractivity contribution in [1.82, 2.24) is 4.90 Å². The second kappa shape index (κ2) is 7.49. The zero-order valence-electron chi connectivity index (χ0n) is 13.0. The zero-order valence-corrected chi connectivity index (χ0v) is 13.0. The maximum Gasteiger partial charge on any atom is 0.0331 e. The number of nitrogens with two attached hydrogens (primary N) is 1. The molecule has 2 nitrogen and oxygen atoms in total. The first-order chi connectivity index (χ1) is 8.57. The lowest BCUT2D eigenvalue weighted by molar-refractivity contribution is 0.0361. The van der Waals surface area contributed by atoms with E-state index in [-0.39, 0.29) is 0 Å². The molecule has 108 valence electrons. The van der Waals surface area contributed by atoms with E-state index in [1.165, 1.54) is 45.1 Å². The molecule has 0 spiro atoms. The van der Waals surface area contributed by atoms with Crippen molar-refractivity contribution in [2.75, 3.05) is 19.6 Å². The van der Waals surface area contributed by atoms with E-state index in [0.717, 1.165) is 24.9 Å². The summed E-state index contributed by atoms with van der Waals surface area (Å²) in [6.07, 6.45) is 8.16. The number of nitrogens with zero attached hydrogens (tertiary/aromatic N) is 1. The molecule has 2 heteroatoms. The maximum absolute atomic E-state index is 6.17. The average Bonchev–Trinajstić information content (AvgIpc) is 2.37. The van der Waals surface area contributed by atoms with Crippen LogP contribution in [0.3, 0.4) is 0 Å². The van der Waals surface area contributed by atoms with Crippen LogP contribution in [0.25, 0.3) is 0 Å². The van der Waals surface area contributed by atoms with E-state index in [1.54, 1.807) is 0 Å². The van der Waals surface area contributed by atoms with Gasteiger partial charge in [-0.05, 0) is 44.1 Å². The van der Waals surface area contributed by atoms with E-state index >= 15 is 0 Å². The zero-order chi connectivity index (χ0) is 13.6. The third kappa shape index (κ3) is 3.96. The molecule has 1 aliphatic carbocycles. The van der Waals surface area contributed by atoms with E-state index in [0.29, 0.717) is 5.54 Å². The van der Waals surface area contributed by atoms with Crippen LogP contribution < -0.4 is 5.73 Å². The van der Waals surface area contributed by atoms with Crippen LogP contribution in [-0.2, 0) is 0 Å². The molecular weight excluding hydrogens is 220 g/mol. The molecule has 1 saturated carbocycles. The first-order valence-electron chi connectivity index (χ1n) is 8.03. The van der Waals surface area contributed by atoms with Crippen molar-refractivity contribution < 1.29 is 0 Å². The van der Waals surface area contributed by atoms with Gasteiger partial charge in [0, 0.05) is 18.6 Å². The predicted octanol–water partition coefficient (Wildman–Crippen LogP) is 3.65. The summed E-state index contributed by atoms with van der Waals surface area (Å²) in [4.78, 5) is 2.67. The predicted molar refractivity (Wildman–Crippen MR) is 80.7 cm³/mol. The van der Waals surface area contributed by atoms with E-state index in [4.69, 9.17) is 5.73 Å². The lowest BCUT2D eigenvalue weighted by atomic mass is 9.74. The van der Waals surface area contributed by atoms with E-state index in [2.05, 4.69) is 32.6 Å². The molecule has 0 unspecified atom stereocenters. The third-order valence-corrected chi connectivity index (χ3v) is 4.75. The van der Waals surface area contributed by atoms with Gasteiger partial charge in [-0.15, -0.1) is 0 Å². The molecule has 1 aliphatic rings. The van der Waals surface area contributed by atoms with E-state index in [9.17, 15) is 0 Å². The van der Waals surface area contributed by atoms with E-state index in [1.807, 2.05) is 0 Å². The molecule has 0 heterocycles. The fraction of sp³-hybridized carbons (Fsp3) is 1.00. The van der Waals surface area contributed by atoms with Crippen LogP contribution in [0.4, 0.5) is 0 Å². The van der Waals surface area contributed by atoms with Crippen molar-refractivity contribution >= 4 is 0 Å². The first-order valence-corrected chi connectivity index (χ1v) is 8.03. The minimum Gasteiger partial charge on any atom is -0.329 e. The Bertz CT molecular complexity index is 217. The molecule has 0 saturated heterocycles. The van der Waals surface area contributed by atoms with Crippen LogP contribution in [-0.4, -0.2) is 30.1 Å². The van der Waals surface area contributed by atoms with Crippen molar-refractivity contribution in [1.29, 1.82) is 0 Å². The van der Waals surface area contributed by atoms with Gasteiger partial charge in [-0.2, -0.15) is 0 Å². The highest BCUT2D eigenvalue weighted by Gasteiger charge is 2.38. The van der Waals surface area contributed by atoms with Gasteiger partial charge in [0.1, 0.15) is 0 Å². The minimum absolute atomic E-state index is 0.309. The van der Waals surface area contributed by atoms with Gasteiger partial charge in [0.2, 0.25) is 0 Å². The third-order valence-electron chi connectivity index (χ3n) is 4.75. The molecule has 0 aliphatic heterocycles. The lowest BCUT2D eigenvalue weighted by Gasteiger charge is -2.48. The topological polar surface area (TPSA) is 29.3 Å². The Labute approximate surface area is 114 Å². The van der Waals surface area contributed by atoms with Gasteiger partial charge in [0.25, 0.3) is 0 Å². The molecule has 2 N–H and O–H groups in total. The molecule has 0 aromatic heterocycles. The molecule has 18 heavy (non-hydrogen) atoms. The Morgan fingerprint density at radius 1 is 1.22 bits per heavy atom. The molecule has 1 rings (SSSR count). The van der Waals surface area contributed by atoms with Crippen molar-refractivity contribution in [2.24, 2.45) is 17.6 Å². The van der Waals surface area contributed by atoms with Crippen molar-refractivity contribution in [3.63, 3.8) is 0 Å². The van der Waals surface area contributed by atoms with Crippen LogP contribution in [0.2, 0.25) is 0 Å².